The largest absolute Gasteiger partial charge is 0.330 e. The summed E-state index contributed by atoms with van der Waals surface area (Å²) >= 11 is 0. The lowest BCUT2D eigenvalue weighted by Crippen LogP contribution is -2.43. The summed E-state index contributed by atoms with van der Waals surface area (Å²) in [6.45, 7) is 4.51. The predicted molar refractivity (Wildman–Crippen MR) is 60.2 cm³/mol. The maximum Gasteiger partial charge on any atom is 0.0101 e. The Hall–Kier alpha value is -0.0800. The van der Waals surface area contributed by atoms with E-state index in [0.29, 0.717) is 0 Å². The van der Waals surface area contributed by atoms with Crippen molar-refractivity contribution in [3.8, 4) is 0 Å². The normalized spacial score (nSPS) is 37.7. The molecule has 0 amide bonds. The average Bonchev–Trinajstić information content (AvgIpc) is 2.44. The first-order valence-electron chi connectivity index (χ1n) is 6.31. The Bertz CT molecular complexity index is 167. The summed E-state index contributed by atoms with van der Waals surface area (Å²) in [5.74, 6) is 0.936. The first-order valence-corrected chi connectivity index (χ1v) is 6.31. The third-order valence-corrected chi connectivity index (χ3v) is 4.04. The molecule has 0 aliphatic carbocycles. The van der Waals surface area contributed by atoms with E-state index in [1.165, 1.54) is 45.1 Å². The number of hydrogen-bond acceptors (Lipinski definition) is 2. The molecule has 0 spiro atoms. The summed E-state index contributed by atoms with van der Waals surface area (Å²) in [5.41, 5.74) is 5.65. The van der Waals surface area contributed by atoms with Gasteiger partial charge in [-0.2, -0.15) is 0 Å². The molecule has 2 rings (SSSR count). The third kappa shape index (κ3) is 1.96. The predicted octanol–water partition coefficient (Wildman–Crippen LogP) is 1.99. The van der Waals surface area contributed by atoms with Gasteiger partial charge in [-0.1, -0.05) is 6.92 Å². The fraction of sp³-hybridized carbons (Fsp3) is 1.00. The van der Waals surface area contributed by atoms with Gasteiger partial charge in [0.15, 0.2) is 0 Å². The SMILES string of the molecule is CCCN1C2CCC1CC(CCN)C2. The third-order valence-electron chi connectivity index (χ3n) is 4.04. The lowest BCUT2D eigenvalue weighted by molar-refractivity contribution is 0.101. The van der Waals surface area contributed by atoms with Gasteiger partial charge in [-0.3, -0.25) is 4.90 Å². The van der Waals surface area contributed by atoms with Crippen LogP contribution in [-0.4, -0.2) is 30.1 Å². The number of hydrogen-bond donors (Lipinski definition) is 1. The van der Waals surface area contributed by atoms with Crippen LogP contribution in [-0.2, 0) is 0 Å². The van der Waals surface area contributed by atoms with Crippen LogP contribution in [0.4, 0.5) is 0 Å². The molecule has 2 unspecified atom stereocenters. The Labute approximate surface area is 87.8 Å². The molecular formula is C12H24N2. The molecule has 0 aromatic rings. The Morgan fingerprint density at radius 2 is 1.86 bits per heavy atom. The van der Waals surface area contributed by atoms with Crippen LogP contribution >= 0.6 is 0 Å². The highest BCUT2D eigenvalue weighted by molar-refractivity contribution is 4.94. The minimum Gasteiger partial charge on any atom is -0.330 e. The maximum atomic E-state index is 5.65. The van der Waals surface area contributed by atoms with Gasteiger partial charge in [-0.05, 0) is 57.5 Å². The van der Waals surface area contributed by atoms with E-state index in [9.17, 15) is 0 Å². The van der Waals surface area contributed by atoms with Crippen LogP contribution in [0, 0.1) is 5.92 Å². The van der Waals surface area contributed by atoms with Crippen LogP contribution in [0.3, 0.4) is 0 Å². The summed E-state index contributed by atoms with van der Waals surface area (Å²) in [4.78, 5) is 2.77. The number of nitrogens with two attached hydrogens (primary N) is 1. The van der Waals surface area contributed by atoms with Gasteiger partial charge in [0.05, 0.1) is 0 Å². The Kier molecular flexibility index (Phi) is 3.45. The van der Waals surface area contributed by atoms with Crippen molar-refractivity contribution >= 4 is 0 Å². The van der Waals surface area contributed by atoms with Crippen LogP contribution in [0.25, 0.3) is 0 Å². The summed E-state index contributed by atoms with van der Waals surface area (Å²) in [6.07, 6.45) is 8.32. The second kappa shape index (κ2) is 4.63. The molecule has 2 aliphatic rings. The summed E-state index contributed by atoms with van der Waals surface area (Å²) in [5, 5.41) is 0. The first-order chi connectivity index (χ1) is 6.85. The summed E-state index contributed by atoms with van der Waals surface area (Å²) in [6, 6.07) is 1.82. The van der Waals surface area contributed by atoms with Gasteiger partial charge < -0.3 is 5.73 Å². The van der Waals surface area contributed by atoms with Crippen LogP contribution in [0.15, 0.2) is 0 Å². The fourth-order valence-corrected chi connectivity index (χ4v) is 3.48. The average molecular weight is 196 g/mol. The smallest absolute Gasteiger partial charge is 0.0101 e. The molecule has 2 N–H and O–H groups in total. The molecule has 0 saturated carbocycles. The molecule has 2 heteroatoms. The molecule has 2 heterocycles. The monoisotopic (exact) mass is 196 g/mol. The van der Waals surface area contributed by atoms with Crippen LogP contribution in [0.5, 0.6) is 0 Å². The minimum atomic E-state index is 0.887. The van der Waals surface area contributed by atoms with Crippen molar-refractivity contribution in [3.05, 3.63) is 0 Å². The fourth-order valence-electron chi connectivity index (χ4n) is 3.48. The Morgan fingerprint density at radius 3 is 2.36 bits per heavy atom. The molecule has 0 aromatic carbocycles. The van der Waals surface area contributed by atoms with E-state index in [-0.39, 0.29) is 0 Å². The van der Waals surface area contributed by atoms with Crippen molar-refractivity contribution in [2.75, 3.05) is 13.1 Å². The molecule has 2 nitrogen and oxygen atoms in total. The van der Waals surface area contributed by atoms with E-state index in [0.717, 1.165) is 24.5 Å². The van der Waals surface area contributed by atoms with E-state index in [1.807, 2.05) is 0 Å². The maximum absolute atomic E-state index is 5.65. The lowest BCUT2D eigenvalue weighted by atomic mass is 9.88. The van der Waals surface area contributed by atoms with Gasteiger partial charge >= 0.3 is 0 Å². The number of nitrogens with zero attached hydrogens (tertiary/aromatic N) is 1. The van der Waals surface area contributed by atoms with E-state index < -0.39 is 0 Å². The van der Waals surface area contributed by atoms with Gasteiger partial charge in [0.2, 0.25) is 0 Å². The Morgan fingerprint density at radius 1 is 1.21 bits per heavy atom. The topological polar surface area (TPSA) is 29.3 Å². The highest BCUT2D eigenvalue weighted by atomic mass is 15.2. The van der Waals surface area contributed by atoms with Gasteiger partial charge in [0, 0.05) is 12.1 Å². The first kappa shape index (κ1) is 10.4. The molecule has 2 saturated heterocycles. The molecule has 0 aromatic heterocycles. The molecule has 14 heavy (non-hydrogen) atoms. The van der Waals surface area contributed by atoms with E-state index in [2.05, 4.69) is 11.8 Å². The second-order valence-corrected chi connectivity index (χ2v) is 5.04. The lowest BCUT2D eigenvalue weighted by Gasteiger charge is -2.38. The van der Waals surface area contributed by atoms with Gasteiger partial charge in [0.1, 0.15) is 0 Å². The number of rotatable bonds is 4. The van der Waals surface area contributed by atoms with Crippen molar-refractivity contribution < 1.29 is 0 Å². The standard InChI is InChI=1S/C12H24N2/c1-2-7-14-11-3-4-12(14)9-10(8-11)5-6-13/h10-12H,2-9,13H2,1H3. The number of fused-ring (bicyclic) bond motifs is 2. The molecule has 2 bridgehead atoms. The van der Waals surface area contributed by atoms with Crippen molar-refractivity contribution in [2.24, 2.45) is 11.7 Å². The Balaban J connectivity index is 1.91. The quantitative estimate of drug-likeness (QED) is 0.745. The van der Waals surface area contributed by atoms with E-state index in [4.69, 9.17) is 5.73 Å². The van der Waals surface area contributed by atoms with Crippen molar-refractivity contribution in [1.29, 1.82) is 0 Å². The second-order valence-electron chi connectivity index (χ2n) is 5.04. The zero-order valence-electron chi connectivity index (χ0n) is 9.41. The highest BCUT2D eigenvalue weighted by Crippen LogP contribution is 2.39. The molecule has 82 valence electrons. The summed E-state index contributed by atoms with van der Waals surface area (Å²) in [7, 11) is 0. The van der Waals surface area contributed by atoms with Crippen molar-refractivity contribution in [2.45, 2.75) is 57.5 Å². The van der Waals surface area contributed by atoms with E-state index in [1.54, 1.807) is 0 Å². The molecule has 2 fully saturated rings. The zero-order valence-corrected chi connectivity index (χ0v) is 9.41. The van der Waals surface area contributed by atoms with Gasteiger partial charge in [-0.25, -0.2) is 0 Å². The minimum absolute atomic E-state index is 0.887. The summed E-state index contributed by atoms with van der Waals surface area (Å²) < 4.78 is 0. The zero-order chi connectivity index (χ0) is 9.97. The molecule has 0 radical (unpaired) electrons. The van der Waals surface area contributed by atoms with Gasteiger partial charge in [-0.15, -0.1) is 0 Å². The van der Waals surface area contributed by atoms with Crippen molar-refractivity contribution in [3.63, 3.8) is 0 Å². The molecule has 2 aliphatic heterocycles. The highest BCUT2D eigenvalue weighted by Gasteiger charge is 2.39. The molecular weight excluding hydrogens is 172 g/mol. The van der Waals surface area contributed by atoms with Crippen LogP contribution < -0.4 is 5.73 Å². The van der Waals surface area contributed by atoms with Crippen molar-refractivity contribution in [1.82, 2.24) is 4.90 Å². The van der Waals surface area contributed by atoms with Crippen LogP contribution in [0.2, 0.25) is 0 Å². The van der Waals surface area contributed by atoms with Gasteiger partial charge in [0.25, 0.3) is 0 Å². The van der Waals surface area contributed by atoms with Crippen LogP contribution in [0.1, 0.15) is 45.4 Å². The van der Waals surface area contributed by atoms with E-state index >= 15 is 0 Å². The number of piperidine rings is 1. The molecule has 2 atom stereocenters.